The fraction of sp³-hybridized carbons (Fsp3) is 0.487. The van der Waals surface area contributed by atoms with Gasteiger partial charge < -0.3 is 21.1 Å². The van der Waals surface area contributed by atoms with Gasteiger partial charge in [0, 0.05) is 24.2 Å². The van der Waals surface area contributed by atoms with E-state index < -0.39 is 96.8 Å². The van der Waals surface area contributed by atoms with Crippen LogP contribution in [0.15, 0.2) is 70.7 Å². The third-order valence-corrected chi connectivity index (χ3v) is 14.3. The van der Waals surface area contributed by atoms with E-state index in [1.165, 1.54) is 53.9 Å². The predicted molar refractivity (Wildman–Crippen MR) is 214 cm³/mol. The van der Waals surface area contributed by atoms with Gasteiger partial charge in [-0.25, -0.2) is 26.5 Å². The molecule has 4 amide bonds. The molecule has 2 aromatic carbocycles. The molecule has 5 N–H and O–H groups in total. The lowest BCUT2D eigenvalue weighted by molar-refractivity contribution is -0.143. The molecule has 0 bridgehead atoms. The Hall–Kier alpha value is -5.34. The average molecular weight is 853 g/mol. The van der Waals surface area contributed by atoms with Crippen molar-refractivity contribution in [3.8, 4) is 0 Å². The van der Waals surface area contributed by atoms with E-state index in [9.17, 15) is 45.9 Å². The fourth-order valence-electron chi connectivity index (χ4n) is 7.96. The number of nitrogens with two attached hydrogens (primary N) is 1. The summed E-state index contributed by atoms with van der Waals surface area (Å²) in [5.74, 6) is -5.99. The second-order valence-electron chi connectivity index (χ2n) is 16.0. The maximum atomic E-state index is 14.8. The quantitative estimate of drug-likeness (QED) is 0.142. The van der Waals surface area contributed by atoms with Crippen molar-refractivity contribution in [3.05, 3.63) is 72.1 Å². The maximum absolute atomic E-state index is 14.8. The minimum Gasteiger partial charge on any atom is -0.384 e. The molecule has 0 radical (unpaired) electrons. The van der Waals surface area contributed by atoms with Crippen molar-refractivity contribution in [1.29, 1.82) is 0 Å². The van der Waals surface area contributed by atoms with E-state index in [0.29, 0.717) is 5.69 Å². The van der Waals surface area contributed by atoms with E-state index >= 15 is 0 Å². The van der Waals surface area contributed by atoms with Crippen LogP contribution in [0.2, 0.25) is 0 Å². The molecule has 1 aliphatic carbocycles. The van der Waals surface area contributed by atoms with E-state index in [0.717, 1.165) is 32.1 Å². The molecular weight excluding hydrogens is 805 g/mol. The van der Waals surface area contributed by atoms with E-state index in [1.54, 1.807) is 30.3 Å². The van der Waals surface area contributed by atoms with Crippen LogP contribution in [0.3, 0.4) is 0 Å². The highest BCUT2D eigenvalue weighted by atomic mass is 32.2. The molecule has 2 atom stereocenters. The number of benzene rings is 2. The van der Waals surface area contributed by atoms with Crippen molar-refractivity contribution in [2.24, 2.45) is 16.6 Å². The van der Waals surface area contributed by atoms with Crippen LogP contribution in [0.1, 0.15) is 93.7 Å². The number of nitrogens with zero attached hydrogens (tertiary/aromatic N) is 5. The number of amides is 4. The number of sulfone groups is 1. The number of carbonyl (C=O) groups is 5. The fourth-order valence-corrected chi connectivity index (χ4v) is 10.5. The van der Waals surface area contributed by atoms with Gasteiger partial charge in [0.25, 0.3) is 27.7 Å². The molecule has 2 aliphatic heterocycles. The number of sulfonamides is 1. The number of hydrogen-bond donors (Lipinski definition) is 4. The lowest BCUT2D eigenvalue weighted by Gasteiger charge is -2.37. The number of anilines is 1. The van der Waals surface area contributed by atoms with Crippen LogP contribution in [0.4, 0.5) is 5.69 Å². The lowest BCUT2D eigenvalue weighted by Crippen LogP contribution is -2.64. The van der Waals surface area contributed by atoms with Crippen LogP contribution in [0, 0.1) is 5.92 Å². The highest BCUT2D eigenvalue weighted by molar-refractivity contribution is 7.92. The molecule has 0 spiro atoms. The van der Waals surface area contributed by atoms with Crippen LogP contribution in [0.25, 0.3) is 0 Å². The Bertz CT molecular complexity index is 2340. The van der Waals surface area contributed by atoms with Gasteiger partial charge in [-0.05, 0) is 75.4 Å². The monoisotopic (exact) mass is 852 g/mol. The number of aliphatic imine (C=N–C) groups is 1. The summed E-state index contributed by atoms with van der Waals surface area (Å²) < 4.78 is 54.7. The van der Waals surface area contributed by atoms with Crippen molar-refractivity contribution in [2.75, 3.05) is 22.8 Å². The Kier molecular flexibility index (Phi) is 12.5. The Balaban J connectivity index is 1.34. The van der Waals surface area contributed by atoms with Gasteiger partial charge in [0.1, 0.15) is 22.9 Å². The third kappa shape index (κ3) is 9.93. The number of likely N-dealkylation sites (tertiary alicyclic amines) is 1. The Morgan fingerprint density at radius 2 is 1.63 bits per heavy atom. The van der Waals surface area contributed by atoms with Gasteiger partial charge in [0.15, 0.2) is 9.84 Å². The Labute approximate surface area is 342 Å². The number of Topliss-reactive ketones (excluding diaryl/α,β-unsaturated/α-hetero) is 1. The smallest absolute Gasteiger partial charge is 0.287 e. The highest BCUT2D eigenvalue weighted by Gasteiger charge is 2.50. The lowest BCUT2D eigenvalue weighted by atomic mass is 9.85. The Morgan fingerprint density at radius 3 is 2.24 bits per heavy atom. The highest BCUT2D eigenvalue weighted by Crippen LogP contribution is 2.34. The molecule has 3 fully saturated rings. The number of aliphatic hydroxyl groups is 1. The second-order valence-corrected chi connectivity index (χ2v) is 20.0. The molecule has 1 aromatic heterocycles. The molecule has 6 rings (SSSR count). The summed E-state index contributed by atoms with van der Waals surface area (Å²) in [4.78, 5) is 73.9. The zero-order valence-corrected chi connectivity index (χ0v) is 34.4. The molecule has 18 nitrogen and oxygen atoms in total. The maximum Gasteiger partial charge on any atom is 0.287 e. The van der Waals surface area contributed by atoms with E-state index in [1.807, 2.05) is 0 Å². The second kappa shape index (κ2) is 17.1. The summed E-state index contributed by atoms with van der Waals surface area (Å²) in [5, 5.41) is 21.6. The summed E-state index contributed by atoms with van der Waals surface area (Å²) in [5.41, 5.74) is 2.48. The Morgan fingerprint density at radius 1 is 0.983 bits per heavy atom. The topological polar surface area (TPSA) is 270 Å². The molecule has 2 saturated heterocycles. The van der Waals surface area contributed by atoms with Gasteiger partial charge in [0.05, 0.1) is 34.3 Å². The zero-order chi connectivity index (χ0) is 42.8. The minimum absolute atomic E-state index is 0.00258. The molecule has 3 aliphatic rings. The summed E-state index contributed by atoms with van der Waals surface area (Å²) >= 11 is 0. The van der Waals surface area contributed by atoms with Crippen molar-refractivity contribution >= 4 is 60.7 Å². The summed E-state index contributed by atoms with van der Waals surface area (Å²) in [6.45, 7) is 2.86. The SMILES string of the molecule is CC(C)(O)c1cnnn1[C@H]1C[C@@H](C(=O)NC2(C(=O)C(N)=O)CCS(=O)(=O)CC2)N(C(=O)C(CC2CCCCC2)=NC(=O)c2ccc(S(=O)(=O)Nc3ccccc3)cc2)C1. The van der Waals surface area contributed by atoms with Crippen LogP contribution in [-0.2, 0) is 44.6 Å². The first-order chi connectivity index (χ1) is 27.8. The molecule has 316 valence electrons. The third-order valence-electron chi connectivity index (χ3n) is 11.2. The van der Waals surface area contributed by atoms with Crippen molar-refractivity contribution in [2.45, 2.75) is 99.8 Å². The van der Waals surface area contributed by atoms with E-state index in [4.69, 9.17) is 5.73 Å². The number of primary amides is 1. The van der Waals surface area contributed by atoms with Gasteiger partial charge in [0.2, 0.25) is 11.7 Å². The summed E-state index contributed by atoms with van der Waals surface area (Å²) in [6, 6.07) is 11.2. The van der Waals surface area contributed by atoms with Crippen LogP contribution < -0.4 is 15.8 Å². The number of carbonyl (C=O) groups excluding carboxylic acids is 5. The number of ketones is 1. The van der Waals surface area contributed by atoms with Crippen molar-refractivity contribution in [1.82, 2.24) is 25.2 Å². The molecule has 20 heteroatoms. The largest absolute Gasteiger partial charge is 0.384 e. The molecule has 59 heavy (non-hydrogen) atoms. The normalized spacial score (nSPS) is 21.1. The first-order valence-electron chi connectivity index (χ1n) is 19.4. The van der Waals surface area contributed by atoms with Gasteiger partial charge >= 0.3 is 0 Å². The summed E-state index contributed by atoms with van der Waals surface area (Å²) in [7, 11) is -7.58. The molecule has 3 aromatic rings. The minimum atomic E-state index is -4.00. The van der Waals surface area contributed by atoms with Gasteiger partial charge in [-0.2, -0.15) is 0 Å². The number of aromatic nitrogens is 3. The number of hydrogen-bond acceptors (Lipinski definition) is 12. The summed E-state index contributed by atoms with van der Waals surface area (Å²) in [6.07, 6.45) is 4.86. The van der Waals surface area contributed by atoms with Crippen molar-refractivity contribution in [3.63, 3.8) is 0 Å². The number of para-hydroxylation sites is 1. The van der Waals surface area contributed by atoms with E-state index in [-0.39, 0.29) is 47.2 Å². The number of nitrogens with one attached hydrogen (secondary N) is 2. The van der Waals surface area contributed by atoms with Gasteiger partial charge in [-0.1, -0.05) is 55.5 Å². The van der Waals surface area contributed by atoms with Gasteiger partial charge in [-0.15, -0.1) is 5.10 Å². The predicted octanol–water partition coefficient (Wildman–Crippen LogP) is 1.82. The first kappa shape index (κ1) is 43.2. The first-order valence-corrected chi connectivity index (χ1v) is 22.7. The van der Waals surface area contributed by atoms with Crippen LogP contribution >= 0.6 is 0 Å². The van der Waals surface area contributed by atoms with Crippen LogP contribution in [-0.4, -0.2) is 107 Å². The van der Waals surface area contributed by atoms with Gasteiger partial charge in [-0.3, -0.25) is 28.7 Å². The molecule has 0 unspecified atom stereocenters. The molecule has 1 saturated carbocycles. The average Bonchev–Trinajstić information content (AvgIpc) is 3.88. The molecular formula is C39H48N8O10S2. The van der Waals surface area contributed by atoms with E-state index in [2.05, 4.69) is 25.3 Å². The number of rotatable bonds is 13. The molecule has 3 heterocycles. The standard InChI is InChI=1S/C39H48N8O10S2/c1-38(2,53)32-23-41-45-47(32)28-22-31(36(51)43-39(33(48)34(40)49)17-19-58(54,55)20-18-39)46(24-28)37(52)30(21-25-9-5-3-6-10-25)42-35(50)26-13-15-29(16-14-26)59(56,57)44-27-11-7-4-8-12-27/h4,7-8,11-16,23,25,28,31,44,53H,3,5-6,9-10,17-22,24H2,1-2H3,(H2,40,49)(H,43,51)/t28-,31-/m0/s1. The zero-order valence-electron chi connectivity index (χ0n) is 32.7. The van der Waals surface area contributed by atoms with Crippen LogP contribution in [0.5, 0.6) is 0 Å². The van der Waals surface area contributed by atoms with Crippen molar-refractivity contribution < 1.29 is 45.9 Å².